The number of carbonyl (C=O) groups is 1. The molecular formula is C21H25N3O4S. The van der Waals surface area contributed by atoms with Crippen LogP contribution in [0.2, 0.25) is 0 Å². The van der Waals surface area contributed by atoms with Gasteiger partial charge < -0.3 is 10.1 Å². The van der Waals surface area contributed by atoms with Crippen molar-refractivity contribution in [1.29, 1.82) is 0 Å². The van der Waals surface area contributed by atoms with Crippen molar-refractivity contribution < 1.29 is 17.9 Å². The largest absolute Gasteiger partial charge is 0.474 e. The maximum absolute atomic E-state index is 12.4. The molecule has 3 rings (SSSR count). The standard InChI is InChI=1S/C21H25N3O4S/c1-2-12-24-29(26,27)19-9-7-17(8-10-19)21(25)23-15-16-11-13-22-20(14-16)28-18-5-3-4-6-18/h2,7-11,13-14,18,24H,1,3-6,12,15H2,(H,23,25). The average molecular weight is 416 g/mol. The Morgan fingerprint density at radius 1 is 1.21 bits per heavy atom. The van der Waals surface area contributed by atoms with E-state index in [0.717, 1.165) is 18.4 Å². The van der Waals surface area contributed by atoms with Crippen LogP contribution in [0.3, 0.4) is 0 Å². The molecule has 7 nitrogen and oxygen atoms in total. The normalized spacial score (nSPS) is 14.5. The average Bonchev–Trinajstić information content (AvgIpc) is 3.24. The van der Waals surface area contributed by atoms with Gasteiger partial charge in [0.05, 0.1) is 4.90 Å². The number of hydrogen-bond acceptors (Lipinski definition) is 5. The third-order valence-corrected chi connectivity index (χ3v) is 6.13. The number of pyridine rings is 1. The molecule has 1 aromatic carbocycles. The Morgan fingerprint density at radius 2 is 1.93 bits per heavy atom. The molecule has 1 fully saturated rings. The van der Waals surface area contributed by atoms with Gasteiger partial charge in [0.25, 0.3) is 5.91 Å². The molecule has 0 atom stereocenters. The van der Waals surface area contributed by atoms with Crippen LogP contribution in [0.15, 0.2) is 60.1 Å². The van der Waals surface area contributed by atoms with Gasteiger partial charge >= 0.3 is 0 Å². The van der Waals surface area contributed by atoms with Crippen LogP contribution in [0.25, 0.3) is 0 Å². The van der Waals surface area contributed by atoms with Gasteiger partial charge in [-0.05, 0) is 61.6 Å². The van der Waals surface area contributed by atoms with E-state index in [0.29, 0.717) is 18.0 Å². The van der Waals surface area contributed by atoms with Crippen LogP contribution in [0.4, 0.5) is 0 Å². The Bertz CT molecular complexity index is 952. The van der Waals surface area contributed by atoms with Crippen LogP contribution in [0.5, 0.6) is 5.88 Å². The molecule has 154 valence electrons. The Kier molecular flexibility index (Phi) is 7.00. The summed E-state index contributed by atoms with van der Waals surface area (Å²) in [7, 11) is -3.61. The fourth-order valence-electron chi connectivity index (χ4n) is 3.12. The predicted molar refractivity (Wildman–Crippen MR) is 110 cm³/mol. The second-order valence-electron chi connectivity index (χ2n) is 6.87. The number of rotatable bonds is 9. The van der Waals surface area contributed by atoms with Gasteiger partial charge in [-0.15, -0.1) is 6.58 Å². The Balaban J connectivity index is 1.57. The molecule has 0 saturated heterocycles. The van der Waals surface area contributed by atoms with Gasteiger partial charge in [0.2, 0.25) is 15.9 Å². The van der Waals surface area contributed by atoms with Gasteiger partial charge in [-0.3, -0.25) is 4.79 Å². The summed E-state index contributed by atoms with van der Waals surface area (Å²) in [4.78, 5) is 16.7. The quantitative estimate of drug-likeness (QED) is 0.614. The molecule has 0 unspecified atom stereocenters. The zero-order valence-corrected chi connectivity index (χ0v) is 17.0. The monoisotopic (exact) mass is 415 g/mol. The molecule has 29 heavy (non-hydrogen) atoms. The minimum atomic E-state index is -3.61. The Hall–Kier alpha value is -2.71. The van der Waals surface area contributed by atoms with Crippen molar-refractivity contribution in [2.24, 2.45) is 0 Å². The minimum Gasteiger partial charge on any atom is -0.474 e. The highest BCUT2D eigenvalue weighted by Gasteiger charge is 2.17. The Morgan fingerprint density at radius 3 is 2.62 bits per heavy atom. The molecular weight excluding hydrogens is 390 g/mol. The second-order valence-corrected chi connectivity index (χ2v) is 8.64. The summed E-state index contributed by atoms with van der Waals surface area (Å²) < 4.78 is 32.4. The van der Waals surface area contributed by atoms with Gasteiger partial charge in [-0.2, -0.15) is 0 Å². The summed E-state index contributed by atoms with van der Waals surface area (Å²) in [6, 6.07) is 9.43. The molecule has 1 aliphatic carbocycles. The highest BCUT2D eigenvalue weighted by Crippen LogP contribution is 2.23. The second kappa shape index (κ2) is 9.67. The van der Waals surface area contributed by atoms with E-state index in [9.17, 15) is 13.2 Å². The van der Waals surface area contributed by atoms with Crippen molar-refractivity contribution in [2.75, 3.05) is 6.54 Å². The summed E-state index contributed by atoms with van der Waals surface area (Å²) in [5, 5.41) is 2.83. The first-order chi connectivity index (χ1) is 14.0. The Labute approximate surface area is 171 Å². The van der Waals surface area contributed by atoms with E-state index < -0.39 is 10.0 Å². The summed E-state index contributed by atoms with van der Waals surface area (Å²) >= 11 is 0. The van der Waals surface area contributed by atoms with Crippen LogP contribution in [-0.4, -0.2) is 32.0 Å². The van der Waals surface area contributed by atoms with E-state index in [1.165, 1.54) is 43.2 Å². The number of amides is 1. The van der Waals surface area contributed by atoms with Crippen molar-refractivity contribution in [2.45, 2.75) is 43.2 Å². The van der Waals surface area contributed by atoms with Crippen molar-refractivity contribution in [3.05, 3.63) is 66.4 Å². The SMILES string of the molecule is C=CCNS(=O)(=O)c1ccc(C(=O)NCc2ccnc(OC3CCCC3)c2)cc1. The lowest BCUT2D eigenvalue weighted by Crippen LogP contribution is -2.25. The summed E-state index contributed by atoms with van der Waals surface area (Å²) in [5.41, 5.74) is 1.26. The van der Waals surface area contributed by atoms with Gasteiger partial charge in [0.1, 0.15) is 6.10 Å². The maximum atomic E-state index is 12.4. The van der Waals surface area contributed by atoms with E-state index in [1.807, 2.05) is 12.1 Å². The molecule has 8 heteroatoms. The van der Waals surface area contributed by atoms with Gasteiger partial charge in [-0.1, -0.05) is 6.08 Å². The van der Waals surface area contributed by atoms with Crippen LogP contribution < -0.4 is 14.8 Å². The molecule has 1 aromatic heterocycles. The molecule has 1 saturated carbocycles. The van der Waals surface area contributed by atoms with Gasteiger partial charge in [0.15, 0.2) is 0 Å². The lowest BCUT2D eigenvalue weighted by atomic mass is 10.2. The summed E-state index contributed by atoms with van der Waals surface area (Å²) in [6.45, 7) is 3.94. The molecule has 1 amide bonds. The molecule has 2 N–H and O–H groups in total. The van der Waals surface area contributed by atoms with Crippen molar-refractivity contribution in [1.82, 2.24) is 15.0 Å². The topological polar surface area (TPSA) is 97.4 Å². The third kappa shape index (κ3) is 5.88. The summed E-state index contributed by atoms with van der Waals surface area (Å²) in [6.07, 6.45) is 7.83. The van der Waals surface area contributed by atoms with E-state index in [2.05, 4.69) is 21.6 Å². The van der Waals surface area contributed by atoms with E-state index in [1.54, 1.807) is 6.20 Å². The van der Waals surface area contributed by atoms with Crippen molar-refractivity contribution in [3.8, 4) is 5.88 Å². The van der Waals surface area contributed by atoms with Crippen LogP contribution >= 0.6 is 0 Å². The highest BCUT2D eigenvalue weighted by atomic mass is 32.2. The zero-order chi connectivity index (χ0) is 20.7. The first-order valence-corrected chi connectivity index (χ1v) is 11.1. The van der Waals surface area contributed by atoms with Gasteiger partial charge in [0, 0.05) is 30.9 Å². The fourth-order valence-corrected chi connectivity index (χ4v) is 4.12. The number of ether oxygens (including phenoxy) is 1. The third-order valence-electron chi connectivity index (χ3n) is 4.69. The van der Waals surface area contributed by atoms with E-state index >= 15 is 0 Å². The molecule has 1 aliphatic rings. The number of nitrogens with one attached hydrogen (secondary N) is 2. The van der Waals surface area contributed by atoms with Crippen molar-refractivity contribution >= 4 is 15.9 Å². The smallest absolute Gasteiger partial charge is 0.251 e. The molecule has 0 spiro atoms. The summed E-state index contributed by atoms with van der Waals surface area (Å²) in [5.74, 6) is 0.285. The van der Waals surface area contributed by atoms with Crippen LogP contribution in [0, 0.1) is 0 Å². The van der Waals surface area contributed by atoms with Crippen molar-refractivity contribution in [3.63, 3.8) is 0 Å². The lowest BCUT2D eigenvalue weighted by molar-refractivity contribution is 0.0950. The highest BCUT2D eigenvalue weighted by molar-refractivity contribution is 7.89. The first-order valence-electron chi connectivity index (χ1n) is 9.58. The van der Waals surface area contributed by atoms with Crippen LogP contribution in [-0.2, 0) is 16.6 Å². The molecule has 1 heterocycles. The fraction of sp³-hybridized carbons (Fsp3) is 0.333. The number of sulfonamides is 1. The van der Waals surface area contributed by atoms with Gasteiger partial charge in [-0.25, -0.2) is 18.1 Å². The maximum Gasteiger partial charge on any atom is 0.251 e. The molecule has 0 radical (unpaired) electrons. The number of nitrogens with zero attached hydrogens (tertiary/aromatic N) is 1. The number of carbonyl (C=O) groups excluding carboxylic acids is 1. The number of benzene rings is 1. The molecule has 0 bridgehead atoms. The molecule has 2 aromatic rings. The number of hydrogen-bond donors (Lipinski definition) is 2. The lowest BCUT2D eigenvalue weighted by Gasteiger charge is -2.13. The number of aromatic nitrogens is 1. The van der Waals surface area contributed by atoms with E-state index in [-0.39, 0.29) is 23.5 Å². The molecule has 0 aliphatic heterocycles. The van der Waals surface area contributed by atoms with Crippen LogP contribution in [0.1, 0.15) is 41.6 Å². The first kappa shape index (κ1) is 21.0. The zero-order valence-electron chi connectivity index (χ0n) is 16.1. The minimum absolute atomic E-state index is 0.0961. The van der Waals surface area contributed by atoms with E-state index in [4.69, 9.17) is 4.74 Å². The predicted octanol–water partition coefficient (Wildman–Crippen LogP) is 2.80.